The van der Waals surface area contributed by atoms with E-state index in [0.717, 1.165) is 0 Å². The average Bonchev–Trinajstić information content (AvgIpc) is 2.18. The van der Waals surface area contributed by atoms with Crippen molar-refractivity contribution < 1.29 is 14.0 Å². The van der Waals surface area contributed by atoms with E-state index >= 15 is 0 Å². The topological polar surface area (TPSA) is 27.7 Å². The van der Waals surface area contributed by atoms with Gasteiger partial charge >= 0.3 is 7.32 Å². The summed E-state index contributed by atoms with van der Waals surface area (Å²) in [4.78, 5) is 0. The lowest BCUT2D eigenvalue weighted by molar-refractivity contribution is 0.130. The molecule has 14 heavy (non-hydrogen) atoms. The van der Waals surface area contributed by atoms with E-state index in [9.17, 15) is 0 Å². The number of rotatable bonds is 8. The Labute approximate surface area is 85.6 Å². The number of terminal acetylenes is 2. The van der Waals surface area contributed by atoms with Crippen LogP contribution in [0.15, 0.2) is 12.8 Å². The van der Waals surface area contributed by atoms with Gasteiger partial charge in [-0.1, -0.05) is 6.58 Å². The molecule has 0 aliphatic carbocycles. The molecule has 0 aliphatic rings. The maximum absolute atomic E-state index is 5.14. The molecule has 0 saturated heterocycles. The molecule has 0 N–H and O–H groups in total. The average molecular weight is 192 g/mol. The monoisotopic (exact) mass is 192 g/mol. The van der Waals surface area contributed by atoms with Crippen molar-refractivity contribution in [2.75, 3.05) is 13.2 Å². The minimum Gasteiger partial charge on any atom is -0.519 e. The van der Waals surface area contributed by atoms with Crippen LogP contribution in [0.2, 0.25) is 0 Å². The van der Waals surface area contributed by atoms with Gasteiger partial charge in [-0.2, -0.15) is 0 Å². The van der Waals surface area contributed by atoms with Crippen molar-refractivity contribution in [3.05, 3.63) is 12.8 Å². The third-order valence-electron chi connectivity index (χ3n) is 1.21. The van der Waals surface area contributed by atoms with Crippen molar-refractivity contribution in [1.29, 1.82) is 0 Å². The van der Waals surface area contributed by atoms with Crippen molar-refractivity contribution in [1.82, 2.24) is 0 Å². The number of hydrogen-bond acceptors (Lipinski definition) is 3. The molecule has 0 bridgehead atoms. The fourth-order valence-electron chi connectivity index (χ4n) is 0.633. The van der Waals surface area contributed by atoms with Gasteiger partial charge in [0, 0.05) is 26.1 Å². The molecule has 0 spiro atoms. The molecule has 0 aromatic carbocycles. The van der Waals surface area contributed by atoms with E-state index in [1.54, 1.807) is 0 Å². The largest absolute Gasteiger partial charge is 0.712 e. The van der Waals surface area contributed by atoms with Gasteiger partial charge in [0.25, 0.3) is 0 Å². The van der Waals surface area contributed by atoms with Gasteiger partial charge in [-0.25, -0.2) is 0 Å². The van der Waals surface area contributed by atoms with E-state index < -0.39 is 7.32 Å². The standard InChI is InChI=1S/C10H13BO3/c1-4-7-9-13-11(12-6-3)14-10-8-5-2/h1-2,6H,3,7-10H2. The Kier molecular flexibility index (Phi) is 8.79. The number of hydrogen-bond donors (Lipinski definition) is 0. The van der Waals surface area contributed by atoms with Gasteiger partial charge < -0.3 is 14.0 Å². The Bertz CT molecular complexity index is 207. The fraction of sp³-hybridized carbons (Fsp3) is 0.400. The third kappa shape index (κ3) is 7.30. The summed E-state index contributed by atoms with van der Waals surface area (Å²) in [5.41, 5.74) is 0. The molecule has 0 saturated carbocycles. The summed E-state index contributed by atoms with van der Waals surface area (Å²) in [7, 11) is -0.769. The first kappa shape index (κ1) is 12.6. The quantitative estimate of drug-likeness (QED) is 0.250. The molecule has 0 atom stereocenters. The molecular formula is C10H13BO3. The molecule has 4 heteroatoms. The highest BCUT2D eigenvalue weighted by Crippen LogP contribution is 1.95. The van der Waals surface area contributed by atoms with Crippen LogP contribution >= 0.6 is 0 Å². The van der Waals surface area contributed by atoms with E-state index in [2.05, 4.69) is 18.4 Å². The Morgan fingerprint density at radius 3 is 2.00 bits per heavy atom. The van der Waals surface area contributed by atoms with Crippen LogP contribution in [0.5, 0.6) is 0 Å². The van der Waals surface area contributed by atoms with Crippen LogP contribution in [0.3, 0.4) is 0 Å². The first-order valence-corrected chi connectivity index (χ1v) is 4.21. The molecule has 0 heterocycles. The van der Waals surface area contributed by atoms with Gasteiger partial charge in [0.15, 0.2) is 0 Å². The maximum Gasteiger partial charge on any atom is 0.712 e. The Morgan fingerprint density at radius 1 is 1.14 bits per heavy atom. The SMILES string of the molecule is C#CCCOB(OC=C)OCCC#C. The predicted octanol–water partition coefficient (Wildman–Crippen LogP) is 1.21. The summed E-state index contributed by atoms with van der Waals surface area (Å²) >= 11 is 0. The Balaban J connectivity index is 3.61. The van der Waals surface area contributed by atoms with Gasteiger partial charge in [0.2, 0.25) is 0 Å². The van der Waals surface area contributed by atoms with Crippen LogP contribution in [0, 0.1) is 24.7 Å². The first-order valence-electron chi connectivity index (χ1n) is 4.21. The molecule has 0 aromatic heterocycles. The van der Waals surface area contributed by atoms with Gasteiger partial charge in [0.1, 0.15) is 0 Å². The van der Waals surface area contributed by atoms with Crippen LogP contribution < -0.4 is 0 Å². The second kappa shape index (κ2) is 9.73. The Morgan fingerprint density at radius 2 is 1.64 bits per heavy atom. The zero-order chi connectivity index (χ0) is 10.6. The summed E-state index contributed by atoms with van der Waals surface area (Å²) < 4.78 is 15.2. The lowest BCUT2D eigenvalue weighted by atomic mass is 10.2. The van der Waals surface area contributed by atoms with Crippen molar-refractivity contribution in [3.63, 3.8) is 0 Å². The Hall–Kier alpha value is -1.36. The highest BCUT2D eigenvalue weighted by Gasteiger charge is 2.21. The van der Waals surface area contributed by atoms with Crippen LogP contribution in [0.4, 0.5) is 0 Å². The second-order valence-corrected chi connectivity index (χ2v) is 2.24. The lowest BCUT2D eigenvalue weighted by Crippen LogP contribution is -2.26. The van der Waals surface area contributed by atoms with Gasteiger partial charge in [-0.15, -0.1) is 24.7 Å². The minimum absolute atomic E-state index is 0.380. The fourth-order valence-corrected chi connectivity index (χ4v) is 0.633. The van der Waals surface area contributed by atoms with Crippen molar-refractivity contribution in [2.24, 2.45) is 0 Å². The summed E-state index contributed by atoms with van der Waals surface area (Å²) in [5.74, 6) is 4.88. The van der Waals surface area contributed by atoms with Crippen LogP contribution in [0.1, 0.15) is 12.8 Å². The van der Waals surface area contributed by atoms with Crippen LogP contribution in [-0.2, 0) is 14.0 Å². The molecule has 0 aromatic rings. The van der Waals surface area contributed by atoms with Gasteiger partial charge in [0.05, 0.1) is 6.26 Å². The zero-order valence-electron chi connectivity index (χ0n) is 8.07. The van der Waals surface area contributed by atoms with Gasteiger partial charge in [-0.05, 0) is 0 Å². The summed E-state index contributed by atoms with van der Waals surface area (Å²) in [5, 5.41) is 0. The highest BCUT2D eigenvalue weighted by molar-refractivity contribution is 6.36. The molecule has 0 amide bonds. The van der Waals surface area contributed by atoms with E-state index in [-0.39, 0.29) is 0 Å². The van der Waals surface area contributed by atoms with Crippen molar-refractivity contribution in [2.45, 2.75) is 12.8 Å². The van der Waals surface area contributed by atoms with Gasteiger partial charge in [-0.3, -0.25) is 0 Å². The van der Waals surface area contributed by atoms with E-state index in [0.29, 0.717) is 26.1 Å². The zero-order valence-corrected chi connectivity index (χ0v) is 8.07. The van der Waals surface area contributed by atoms with Crippen LogP contribution in [-0.4, -0.2) is 20.5 Å². The molecule has 3 nitrogen and oxygen atoms in total. The third-order valence-corrected chi connectivity index (χ3v) is 1.21. The predicted molar refractivity (Wildman–Crippen MR) is 55.8 cm³/mol. The molecule has 0 rings (SSSR count). The molecule has 74 valence electrons. The maximum atomic E-state index is 5.14. The van der Waals surface area contributed by atoms with E-state index in [1.165, 1.54) is 6.26 Å². The summed E-state index contributed by atoms with van der Waals surface area (Å²) in [6.45, 7) is 4.15. The molecule has 0 aliphatic heterocycles. The first-order chi connectivity index (χ1) is 6.85. The van der Waals surface area contributed by atoms with Crippen LogP contribution in [0.25, 0.3) is 0 Å². The summed E-state index contributed by atoms with van der Waals surface area (Å²) in [6.07, 6.45) is 12.4. The van der Waals surface area contributed by atoms with Crippen molar-refractivity contribution in [3.8, 4) is 24.7 Å². The molecule has 0 fully saturated rings. The van der Waals surface area contributed by atoms with E-state index in [4.69, 9.17) is 26.8 Å². The van der Waals surface area contributed by atoms with E-state index in [1.807, 2.05) is 0 Å². The second-order valence-electron chi connectivity index (χ2n) is 2.24. The molecule has 0 radical (unpaired) electrons. The smallest absolute Gasteiger partial charge is 0.519 e. The summed E-state index contributed by atoms with van der Waals surface area (Å²) in [6, 6.07) is 0. The minimum atomic E-state index is -0.769. The molecule has 0 unspecified atom stereocenters. The molecular weight excluding hydrogens is 179 g/mol. The lowest BCUT2D eigenvalue weighted by Gasteiger charge is -2.10. The normalized spacial score (nSPS) is 8.43. The van der Waals surface area contributed by atoms with Crippen molar-refractivity contribution >= 4 is 7.32 Å². The highest BCUT2D eigenvalue weighted by atomic mass is 16.7.